The third-order valence-corrected chi connectivity index (χ3v) is 2.24. The Morgan fingerprint density at radius 1 is 1.24 bits per heavy atom. The van der Waals surface area contributed by atoms with Crippen LogP contribution in [0.15, 0.2) is 0 Å². The minimum atomic E-state index is -5.01. The molecule has 0 rings (SSSR count). The van der Waals surface area contributed by atoms with Crippen molar-refractivity contribution in [2.75, 3.05) is 6.61 Å². The van der Waals surface area contributed by atoms with Crippen molar-refractivity contribution in [3.8, 4) is 0 Å². The second kappa shape index (κ2) is 5.88. The van der Waals surface area contributed by atoms with Crippen LogP contribution >= 0.6 is 0 Å². The molecule has 100 valence electrons. The molecule has 17 heavy (non-hydrogen) atoms. The lowest BCUT2D eigenvalue weighted by Crippen LogP contribution is -2.56. The van der Waals surface area contributed by atoms with Gasteiger partial charge in [0.25, 0.3) is 0 Å². The fourth-order valence-electron chi connectivity index (χ4n) is 0.959. The van der Waals surface area contributed by atoms with Crippen molar-refractivity contribution in [3.63, 3.8) is 0 Å². The van der Waals surface area contributed by atoms with E-state index < -0.39 is 23.6 Å². The molecule has 0 aliphatic carbocycles. The Labute approximate surface area is 97.5 Å². The summed E-state index contributed by atoms with van der Waals surface area (Å²) in [6.45, 7) is 4.56. The standard InChI is InChI=1S/C10H16F3NO3/c1-4-6-17-8(16)9(3,5-2)14-7(15)10(11,12)13/h4-6H2,1-3H3,(H,14,15)/t9-/m0/s1. The summed E-state index contributed by atoms with van der Waals surface area (Å²) in [5.41, 5.74) is -1.65. The van der Waals surface area contributed by atoms with Crippen molar-refractivity contribution in [2.24, 2.45) is 0 Å². The number of hydrogen-bond acceptors (Lipinski definition) is 3. The van der Waals surface area contributed by atoms with Crippen LogP contribution in [0, 0.1) is 0 Å². The third-order valence-electron chi connectivity index (χ3n) is 2.24. The van der Waals surface area contributed by atoms with E-state index in [2.05, 4.69) is 0 Å². The first-order chi connectivity index (χ1) is 7.67. The molecular weight excluding hydrogens is 239 g/mol. The van der Waals surface area contributed by atoms with Gasteiger partial charge in [-0.15, -0.1) is 0 Å². The maximum Gasteiger partial charge on any atom is 0.471 e. The Bertz CT molecular complexity index is 291. The number of esters is 1. The first kappa shape index (κ1) is 15.7. The molecule has 0 aromatic heterocycles. The van der Waals surface area contributed by atoms with Crippen LogP contribution < -0.4 is 5.32 Å². The molecule has 0 aromatic carbocycles. The molecule has 1 N–H and O–H groups in total. The lowest BCUT2D eigenvalue weighted by molar-refractivity contribution is -0.178. The van der Waals surface area contributed by atoms with Crippen LogP contribution in [0.3, 0.4) is 0 Å². The Hall–Kier alpha value is -1.27. The molecule has 0 heterocycles. The van der Waals surface area contributed by atoms with Crippen LogP contribution in [-0.2, 0) is 14.3 Å². The highest BCUT2D eigenvalue weighted by molar-refractivity contribution is 5.90. The van der Waals surface area contributed by atoms with Crippen molar-refractivity contribution < 1.29 is 27.5 Å². The van der Waals surface area contributed by atoms with E-state index >= 15 is 0 Å². The number of alkyl halides is 3. The van der Waals surface area contributed by atoms with Gasteiger partial charge in [0, 0.05) is 0 Å². The van der Waals surface area contributed by atoms with Crippen LogP contribution in [0.4, 0.5) is 13.2 Å². The number of carbonyl (C=O) groups excluding carboxylic acids is 2. The van der Waals surface area contributed by atoms with E-state index in [9.17, 15) is 22.8 Å². The van der Waals surface area contributed by atoms with Gasteiger partial charge in [-0.3, -0.25) is 4.79 Å². The van der Waals surface area contributed by atoms with Crippen molar-refractivity contribution in [3.05, 3.63) is 0 Å². The van der Waals surface area contributed by atoms with Crippen LogP contribution in [0.25, 0.3) is 0 Å². The molecule has 0 unspecified atom stereocenters. The molecule has 0 bridgehead atoms. The van der Waals surface area contributed by atoms with E-state index in [0.717, 1.165) is 0 Å². The summed E-state index contributed by atoms with van der Waals surface area (Å²) < 4.78 is 40.9. The lowest BCUT2D eigenvalue weighted by atomic mass is 9.99. The summed E-state index contributed by atoms with van der Waals surface area (Å²) in [5.74, 6) is -3.00. The van der Waals surface area contributed by atoms with Gasteiger partial charge in [0.15, 0.2) is 0 Å². The molecule has 0 spiro atoms. The average molecular weight is 255 g/mol. The smallest absolute Gasteiger partial charge is 0.464 e. The molecule has 0 fully saturated rings. The van der Waals surface area contributed by atoms with Crippen molar-refractivity contribution in [2.45, 2.75) is 45.3 Å². The van der Waals surface area contributed by atoms with E-state index in [1.54, 1.807) is 12.2 Å². The minimum absolute atomic E-state index is 0.0113. The van der Waals surface area contributed by atoms with E-state index in [4.69, 9.17) is 4.74 Å². The van der Waals surface area contributed by atoms with Crippen LogP contribution in [-0.4, -0.2) is 30.2 Å². The lowest BCUT2D eigenvalue weighted by Gasteiger charge is -2.27. The SMILES string of the molecule is CCCOC(=O)[C@](C)(CC)NC(=O)C(F)(F)F. The van der Waals surface area contributed by atoms with Crippen molar-refractivity contribution in [1.29, 1.82) is 0 Å². The van der Waals surface area contributed by atoms with Gasteiger partial charge in [0.05, 0.1) is 6.61 Å². The van der Waals surface area contributed by atoms with Crippen LogP contribution in [0.5, 0.6) is 0 Å². The number of carbonyl (C=O) groups is 2. The van der Waals surface area contributed by atoms with Gasteiger partial charge in [-0.2, -0.15) is 13.2 Å². The van der Waals surface area contributed by atoms with Gasteiger partial charge in [-0.05, 0) is 19.8 Å². The Balaban J connectivity index is 4.68. The molecular formula is C10H16F3NO3. The number of ether oxygens (including phenoxy) is 1. The molecule has 0 aromatic rings. The normalized spacial score (nSPS) is 14.9. The van der Waals surface area contributed by atoms with E-state index in [0.29, 0.717) is 6.42 Å². The van der Waals surface area contributed by atoms with E-state index in [1.165, 1.54) is 13.8 Å². The number of amides is 1. The summed E-state index contributed by atoms with van der Waals surface area (Å²) >= 11 is 0. The van der Waals surface area contributed by atoms with Gasteiger partial charge in [-0.1, -0.05) is 13.8 Å². The molecule has 0 saturated heterocycles. The predicted octanol–water partition coefficient (Wildman–Crippen LogP) is 1.79. The Morgan fingerprint density at radius 3 is 2.12 bits per heavy atom. The summed E-state index contributed by atoms with van der Waals surface area (Å²) in [7, 11) is 0. The molecule has 0 aliphatic heterocycles. The zero-order chi connectivity index (χ0) is 13.7. The van der Waals surface area contributed by atoms with Crippen LogP contribution in [0.1, 0.15) is 33.6 Å². The summed E-state index contributed by atoms with van der Waals surface area (Å²) in [4.78, 5) is 22.3. The third kappa shape index (κ3) is 4.62. The fourth-order valence-corrected chi connectivity index (χ4v) is 0.959. The summed E-state index contributed by atoms with van der Waals surface area (Å²) in [6, 6.07) is 0. The molecule has 1 atom stereocenters. The molecule has 1 amide bonds. The largest absolute Gasteiger partial charge is 0.471 e. The van der Waals surface area contributed by atoms with Crippen molar-refractivity contribution >= 4 is 11.9 Å². The zero-order valence-electron chi connectivity index (χ0n) is 9.98. The van der Waals surface area contributed by atoms with Gasteiger partial charge < -0.3 is 10.1 Å². The molecule has 0 saturated carbocycles. The minimum Gasteiger partial charge on any atom is -0.464 e. The first-order valence-corrected chi connectivity index (χ1v) is 5.24. The number of rotatable bonds is 5. The first-order valence-electron chi connectivity index (χ1n) is 5.24. The topological polar surface area (TPSA) is 55.4 Å². The monoisotopic (exact) mass is 255 g/mol. The average Bonchev–Trinajstić information content (AvgIpc) is 2.24. The predicted molar refractivity (Wildman–Crippen MR) is 54.1 cm³/mol. The number of hydrogen-bond donors (Lipinski definition) is 1. The Kier molecular flexibility index (Phi) is 5.44. The number of nitrogens with one attached hydrogen (secondary N) is 1. The molecule has 4 nitrogen and oxygen atoms in total. The van der Waals surface area contributed by atoms with Crippen molar-refractivity contribution in [1.82, 2.24) is 5.32 Å². The maximum absolute atomic E-state index is 12.1. The van der Waals surface area contributed by atoms with Gasteiger partial charge >= 0.3 is 18.1 Å². The van der Waals surface area contributed by atoms with E-state index in [-0.39, 0.29) is 13.0 Å². The quantitative estimate of drug-likeness (QED) is 0.762. The summed E-state index contributed by atoms with van der Waals surface area (Å²) in [6.07, 6.45) is -4.45. The Morgan fingerprint density at radius 2 is 1.76 bits per heavy atom. The van der Waals surface area contributed by atoms with Gasteiger partial charge in [0.2, 0.25) is 0 Å². The van der Waals surface area contributed by atoms with Gasteiger partial charge in [0.1, 0.15) is 5.54 Å². The molecule has 0 aliphatic rings. The zero-order valence-corrected chi connectivity index (χ0v) is 9.98. The molecule has 7 heteroatoms. The second-order valence-corrected chi connectivity index (χ2v) is 3.77. The number of halogens is 3. The highest BCUT2D eigenvalue weighted by Gasteiger charge is 2.45. The highest BCUT2D eigenvalue weighted by Crippen LogP contribution is 2.19. The van der Waals surface area contributed by atoms with Crippen LogP contribution in [0.2, 0.25) is 0 Å². The maximum atomic E-state index is 12.1. The second-order valence-electron chi connectivity index (χ2n) is 3.77. The molecule has 0 radical (unpaired) electrons. The highest BCUT2D eigenvalue weighted by atomic mass is 19.4. The summed E-state index contributed by atoms with van der Waals surface area (Å²) in [5, 5.41) is 1.65. The fraction of sp³-hybridized carbons (Fsp3) is 0.800. The van der Waals surface area contributed by atoms with Gasteiger partial charge in [-0.25, -0.2) is 4.79 Å². The van der Waals surface area contributed by atoms with E-state index in [1.807, 2.05) is 0 Å².